The molecular formula is C21H24N2O5. The molecule has 148 valence electrons. The van der Waals surface area contributed by atoms with Crippen molar-refractivity contribution in [2.75, 3.05) is 20.7 Å². The van der Waals surface area contributed by atoms with Gasteiger partial charge in [0.05, 0.1) is 7.11 Å². The average molecular weight is 384 g/mol. The molecular weight excluding hydrogens is 360 g/mol. The molecule has 2 rings (SSSR count). The van der Waals surface area contributed by atoms with Crippen molar-refractivity contribution in [2.24, 2.45) is 0 Å². The van der Waals surface area contributed by atoms with Crippen LogP contribution in [-0.2, 0) is 20.9 Å². The van der Waals surface area contributed by atoms with Crippen LogP contribution in [0.2, 0.25) is 0 Å². The Morgan fingerprint density at radius 3 is 2.46 bits per heavy atom. The Kier molecular flexibility index (Phi) is 7.56. The van der Waals surface area contributed by atoms with Gasteiger partial charge in [0.2, 0.25) is 0 Å². The van der Waals surface area contributed by atoms with Crippen molar-refractivity contribution in [1.29, 1.82) is 0 Å². The normalized spacial score (nSPS) is 11.2. The summed E-state index contributed by atoms with van der Waals surface area (Å²) in [5.74, 6) is -0.909. The summed E-state index contributed by atoms with van der Waals surface area (Å²) in [6, 6.07) is 16.1. The first-order valence-corrected chi connectivity index (χ1v) is 8.81. The Hall–Kier alpha value is -3.35. The van der Waals surface area contributed by atoms with Crippen LogP contribution in [0.4, 0.5) is 0 Å². The SMILES string of the molecule is COc1cccc(C(=O)NCC(=O)O[C@H](C)C(=O)N(C)Cc2ccccc2)c1. The smallest absolute Gasteiger partial charge is 0.326 e. The van der Waals surface area contributed by atoms with E-state index in [4.69, 9.17) is 9.47 Å². The summed E-state index contributed by atoms with van der Waals surface area (Å²) in [4.78, 5) is 37.9. The topological polar surface area (TPSA) is 84.9 Å². The molecule has 0 aliphatic rings. The number of nitrogens with one attached hydrogen (secondary N) is 1. The number of carbonyl (C=O) groups excluding carboxylic acids is 3. The highest BCUT2D eigenvalue weighted by Gasteiger charge is 2.22. The Bertz CT molecular complexity index is 823. The van der Waals surface area contributed by atoms with Crippen LogP contribution >= 0.6 is 0 Å². The number of methoxy groups -OCH3 is 1. The third kappa shape index (κ3) is 6.12. The summed E-state index contributed by atoms with van der Waals surface area (Å²) < 4.78 is 10.2. The predicted octanol–water partition coefficient (Wildman–Crippen LogP) is 2.02. The molecule has 0 heterocycles. The molecule has 0 unspecified atom stereocenters. The van der Waals surface area contributed by atoms with E-state index in [0.717, 1.165) is 5.56 Å². The van der Waals surface area contributed by atoms with E-state index in [-0.39, 0.29) is 12.5 Å². The van der Waals surface area contributed by atoms with Gasteiger partial charge in [0, 0.05) is 19.2 Å². The third-order valence-corrected chi connectivity index (χ3v) is 4.02. The standard InChI is InChI=1S/C21H24N2O5/c1-15(21(26)23(2)14-16-8-5-4-6-9-16)28-19(24)13-22-20(25)17-10-7-11-18(12-17)27-3/h4-12,15H,13-14H2,1-3H3,(H,22,25)/t15-/m1/s1. The lowest BCUT2D eigenvalue weighted by Crippen LogP contribution is -2.39. The van der Waals surface area contributed by atoms with E-state index < -0.39 is 18.0 Å². The van der Waals surface area contributed by atoms with Gasteiger partial charge >= 0.3 is 5.97 Å². The van der Waals surface area contributed by atoms with Gasteiger partial charge in [0.1, 0.15) is 12.3 Å². The van der Waals surface area contributed by atoms with Crippen LogP contribution in [0.5, 0.6) is 5.75 Å². The van der Waals surface area contributed by atoms with E-state index in [1.54, 1.807) is 31.3 Å². The Balaban J connectivity index is 1.81. The van der Waals surface area contributed by atoms with E-state index in [1.807, 2.05) is 30.3 Å². The lowest BCUT2D eigenvalue weighted by atomic mass is 10.2. The Morgan fingerprint density at radius 2 is 1.79 bits per heavy atom. The number of hydrogen-bond donors (Lipinski definition) is 1. The Morgan fingerprint density at radius 1 is 1.07 bits per heavy atom. The molecule has 0 spiro atoms. The zero-order valence-electron chi connectivity index (χ0n) is 16.2. The summed E-state index contributed by atoms with van der Waals surface area (Å²) in [6.07, 6.45) is -0.949. The molecule has 2 aromatic carbocycles. The summed E-state index contributed by atoms with van der Waals surface area (Å²) >= 11 is 0. The van der Waals surface area contributed by atoms with Gasteiger partial charge in [0.25, 0.3) is 11.8 Å². The van der Waals surface area contributed by atoms with Crippen molar-refractivity contribution < 1.29 is 23.9 Å². The number of amides is 2. The molecule has 1 atom stereocenters. The van der Waals surface area contributed by atoms with E-state index in [2.05, 4.69) is 5.32 Å². The second-order valence-electron chi connectivity index (χ2n) is 6.23. The molecule has 0 fully saturated rings. The van der Waals surface area contributed by atoms with Crippen molar-refractivity contribution in [3.05, 3.63) is 65.7 Å². The maximum atomic E-state index is 12.4. The zero-order chi connectivity index (χ0) is 20.5. The number of carbonyl (C=O) groups is 3. The molecule has 28 heavy (non-hydrogen) atoms. The van der Waals surface area contributed by atoms with Crippen molar-refractivity contribution in [3.8, 4) is 5.75 Å². The van der Waals surface area contributed by atoms with Crippen LogP contribution in [0.25, 0.3) is 0 Å². The fraction of sp³-hybridized carbons (Fsp3) is 0.286. The highest BCUT2D eigenvalue weighted by atomic mass is 16.5. The second-order valence-corrected chi connectivity index (χ2v) is 6.23. The molecule has 0 aliphatic heterocycles. The van der Waals surface area contributed by atoms with Gasteiger partial charge in [-0.2, -0.15) is 0 Å². The molecule has 0 bridgehead atoms. The van der Waals surface area contributed by atoms with Gasteiger partial charge in [-0.15, -0.1) is 0 Å². The second kappa shape index (κ2) is 10.1. The van der Waals surface area contributed by atoms with Gasteiger partial charge in [-0.3, -0.25) is 14.4 Å². The highest BCUT2D eigenvalue weighted by molar-refractivity contribution is 5.96. The number of likely N-dealkylation sites (N-methyl/N-ethyl adjacent to an activating group) is 1. The van der Waals surface area contributed by atoms with Gasteiger partial charge in [-0.25, -0.2) is 0 Å². The summed E-state index contributed by atoms with van der Waals surface area (Å²) in [6.45, 7) is 1.58. The number of benzene rings is 2. The first-order valence-electron chi connectivity index (χ1n) is 8.81. The van der Waals surface area contributed by atoms with Gasteiger partial charge in [-0.05, 0) is 30.7 Å². The van der Waals surface area contributed by atoms with Crippen LogP contribution in [0.1, 0.15) is 22.8 Å². The molecule has 0 aromatic heterocycles. The lowest BCUT2D eigenvalue weighted by molar-refractivity contribution is -0.157. The summed E-state index contributed by atoms with van der Waals surface area (Å²) in [5.41, 5.74) is 1.33. The molecule has 7 nitrogen and oxygen atoms in total. The predicted molar refractivity (Wildman–Crippen MR) is 104 cm³/mol. The summed E-state index contributed by atoms with van der Waals surface area (Å²) in [5, 5.41) is 2.47. The van der Waals surface area contributed by atoms with Gasteiger partial charge in [-0.1, -0.05) is 36.4 Å². The zero-order valence-corrected chi connectivity index (χ0v) is 16.2. The first kappa shape index (κ1) is 21.0. The summed E-state index contributed by atoms with van der Waals surface area (Å²) in [7, 11) is 3.14. The van der Waals surface area contributed by atoms with Crippen molar-refractivity contribution in [3.63, 3.8) is 0 Å². The number of ether oxygens (including phenoxy) is 2. The Labute approximate surface area is 164 Å². The molecule has 2 aromatic rings. The van der Waals surface area contributed by atoms with Crippen LogP contribution in [0.3, 0.4) is 0 Å². The molecule has 7 heteroatoms. The number of rotatable bonds is 8. The van der Waals surface area contributed by atoms with E-state index >= 15 is 0 Å². The molecule has 0 radical (unpaired) electrons. The van der Waals surface area contributed by atoms with Crippen molar-refractivity contribution in [1.82, 2.24) is 10.2 Å². The van der Waals surface area contributed by atoms with Crippen LogP contribution in [-0.4, -0.2) is 49.5 Å². The maximum absolute atomic E-state index is 12.4. The quantitative estimate of drug-likeness (QED) is 0.704. The number of nitrogens with zero attached hydrogens (tertiary/aromatic N) is 1. The first-order chi connectivity index (χ1) is 13.4. The van der Waals surface area contributed by atoms with Crippen molar-refractivity contribution in [2.45, 2.75) is 19.6 Å². The van der Waals surface area contributed by atoms with Crippen molar-refractivity contribution >= 4 is 17.8 Å². The largest absolute Gasteiger partial charge is 0.497 e. The fourth-order valence-corrected chi connectivity index (χ4v) is 2.55. The van der Waals surface area contributed by atoms with E-state index in [0.29, 0.717) is 17.9 Å². The van der Waals surface area contributed by atoms with Crippen LogP contribution in [0.15, 0.2) is 54.6 Å². The molecule has 1 N–H and O–H groups in total. The fourth-order valence-electron chi connectivity index (χ4n) is 2.55. The third-order valence-electron chi connectivity index (χ3n) is 4.02. The molecule has 0 saturated heterocycles. The van der Waals surface area contributed by atoms with E-state index in [9.17, 15) is 14.4 Å². The van der Waals surface area contributed by atoms with Gasteiger partial charge in [0.15, 0.2) is 6.10 Å². The van der Waals surface area contributed by atoms with Crippen LogP contribution < -0.4 is 10.1 Å². The average Bonchev–Trinajstić information content (AvgIpc) is 2.72. The highest BCUT2D eigenvalue weighted by Crippen LogP contribution is 2.12. The minimum absolute atomic E-state index is 0.323. The minimum atomic E-state index is -0.949. The number of hydrogen-bond acceptors (Lipinski definition) is 5. The minimum Gasteiger partial charge on any atom is -0.497 e. The number of esters is 1. The molecule has 2 amide bonds. The van der Waals surface area contributed by atoms with E-state index in [1.165, 1.54) is 18.9 Å². The van der Waals surface area contributed by atoms with Crippen LogP contribution in [0, 0.1) is 0 Å². The van der Waals surface area contributed by atoms with Gasteiger partial charge < -0.3 is 19.7 Å². The molecule has 0 aliphatic carbocycles. The maximum Gasteiger partial charge on any atom is 0.326 e. The monoisotopic (exact) mass is 384 g/mol. The lowest BCUT2D eigenvalue weighted by Gasteiger charge is -2.21. The molecule has 0 saturated carbocycles.